The van der Waals surface area contributed by atoms with Crippen molar-refractivity contribution in [2.75, 3.05) is 31.1 Å². The smallest absolute Gasteiger partial charge is 0.414 e. The fourth-order valence-electron chi connectivity index (χ4n) is 3.77. The van der Waals surface area contributed by atoms with Crippen molar-refractivity contribution in [2.45, 2.75) is 58.2 Å². The van der Waals surface area contributed by atoms with E-state index in [4.69, 9.17) is 4.74 Å². The largest absolute Gasteiger partial charge is 0.447 e. The van der Waals surface area contributed by atoms with Crippen molar-refractivity contribution in [1.82, 2.24) is 15.5 Å². The Hall–Kier alpha value is -2.28. The minimum absolute atomic E-state index is 0.116. The lowest BCUT2D eigenvalue weighted by Crippen LogP contribution is -2.52. The Labute approximate surface area is 167 Å². The van der Waals surface area contributed by atoms with Gasteiger partial charge in [0.1, 0.15) is 6.61 Å². The highest BCUT2D eigenvalue weighted by molar-refractivity contribution is 5.89. The van der Waals surface area contributed by atoms with E-state index in [-0.39, 0.29) is 29.7 Å². The van der Waals surface area contributed by atoms with Crippen LogP contribution < -0.4 is 15.5 Å². The molecule has 2 aliphatic heterocycles. The maximum atomic E-state index is 12.4. The molecule has 2 saturated heterocycles. The molecule has 28 heavy (non-hydrogen) atoms. The number of urea groups is 1. The lowest BCUT2D eigenvalue weighted by molar-refractivity contribution is 0.0977. The van der Waals surface area contributed by atoms with Crippen molar-refractivity contribution < 1.29 is 14.3 Å². The molecule has 0 bridgehead atoms. The lowest BCUT2D eigenvalue weighted by atomic mass is 9.98. The molecule has 7 nitrogen and oxygen atoms in total. The first-order valence-electron chi connectivity index (χ1n) is 10.1. The topological polar surface area (TPSA) is 73.9 Å². The van der Waals surface area contributed by atoms with Crippen LogP contribution in [0.3, 0.4) is 0 Å². The average molecular weight is 389 g/mol. The van der Waals surface area contributed by atoms with Crippen molar-refractivity contribution in [3.63, 3.8) is 0 Å². The Balaban J connectivity index is 1.47. The Morgan fingerprint density at radius 3 is 2.32 bits per heavy atom. The fourth-order valence-corrected chi connectivity index (χ4v) is 3.77. The molecular weight excluding hydrogens is 356 g/mol. The highest BCUT2D eigenvalue weighted by atomic mass is 16.6. The molecule has 2 heterocycles. The minimum atomic E-state index is -0.309. The van der Waals surface area contributed by atoms with E-state index in [2.05, 4.69) is 36.3 Å². The third-order valence-electron chi connectivity index (χ3n) is 5.59. The van der Waals surface area contributed by atoms with Gasteiger partial charge in [-0.2, -0.15) is 0 Å². The van der Waals surface area contributed by atoms with Gasteiger partial charge < -0.3 is 15.4 Å². The summed E-state index contributed by atoms with van der Waals surface area (Å²) in [5.74, 6) is 0. The van der Waals surface area contributed by atoms with Gasteiger partial charge in [0.25, 0.3) is 0 Å². The van der Waals surface area contributed by atoms with Crippen LogP contribution in [-0.4, -0.2) is 54.8 Å². The van der Waals surface area contributed by atoms with Crippen LogP contribution in [0.5, 0.6) is 0 Å². The van der Waals surface area contributed by atoms with E-state index >= 15 is 0 Å². The van der Waals surface area contributed by atoms with Crippen LogP contribution in [-0.2, 0) is 4.74 Å². The monoisotopic (exact) mass is 388 g/mol. The summed E-state index contributed by atoms with van der Waals surface area (Å²) in [6.45, 7) is 11.7. The van der Waals surface area contributed by atoms with Gasteiger partial charge in [0, 0.05) is 30.4 Å². The molecule has 1 aromatic rings. The molecule has 0 aromatic heterocycles. The molecule has 2 aliphatic rings. The molecule has 0 radical (unpaired) electrons. The zero-order valence-corrected chi connectivity index (χ0v) is 17.3. The number of hydrogen-bond donors (Lipinski definition) is 2. The summed E-state index contributed by atoms with van der Waals surface area (Å²) in [6, 6.07) is 7.62. The number of ether oxygens (including phenoxy) is 1. The van der Waals surface area contributed by atoms with Gasteiger partial charge >= 0.3 is 12.1 Å². The number of amides is 3. The summed E-state index contributed by atoms with van der Waals surface area (Å²) >= 11 is 0. The number of hydrogen-bond acceptors (Lipinski definition) is 4. The third kappa shape index (κ3) is 4.95. The summed E-state index contributed by atoms with van der Waals surface area (Å²) in [6.07, 6.45) is 1.63. The third-order valence-corrected chi connectivity index (χ3v) is 5.59. The summed E-state index contributed by atoms with van der Waals surface area (Å²) < 4.78 is 4.97. The molecule has 7 heteroatoms. The van der Waals surface area contributed by atoms with E-state index in [0.717, 1.165) is 37.2 Å². The Kier molecular flexibility index (Phi) is 6.13. The van der Waals surface area contributed by atoms with Crippen LogP contribution in [0.2, 0.25) is 0 Å². The van der Waals surface area contributed by atoms with Gasteiger partial charge in [-0.15, -0.1) is 0 Å². The van der Waals surface area contributed by atoms with Crippen molar-refractivity contribution in [3.05, 3.63) is 29.8 Å². The number of nitrogens with one attached hydrogen (secondary N) is 2. The number of rotatable bonds is 4. The molecule has 3 amide bonds. The van der Waals surface area contributed by atoms with Crippen LogP contribution in [0.15, 0.2) is 24.3 Å². The molecule has 3 rings (SSSR count). The molecule has 2 fully saturated rings. The highest BCUT2D eigenvalue weighted by Gasteiger charge is 2.28. The Bertz CT molecular complexity index is 691. The van der Waals surface area contributed by atoms with Crippen LogP contribution in [0.4, 0.5) is 15.3 Å². The van der Waals surface area contributed by atoms with Gasteiger partial charge in [-0.3, -0.25) is 9.80 Å². The summed E-state index contributed by atoms with van der Waals surface area (Å²) in [4.78, 5) is 28.1. The molecular formula is C21H32N4O3. The number of likely N-dealkylation sites (tertiary alicyclic amines) is 1. The molecule has 0 saturated carbocycles. The number of anilines is 1. The first kappa shape index (κ1) is 20.5. The SMILES string of the molecule is CC(NC(=O)NC1CCN(C(C)(C)C)CC1)c1ccc(N2CCOC2=O)cc1. The quantitative estimate of drug-likeness (QED) is 0.830. The van der Waals surface area contributed by atoms with Gasteiger partial charge in [-0.1, -0.05) is 12.1 Å². The number of carbonyl (C=O) groups is 2. The van der Waals surface area contributed by atoms with E-state index in [1.54, 1.807) is 4.90 Å². The maximum Gasteiger partial charge on any atom is 0.414 e. The van der Waals surface area contributed by atoms with E-state index in [9.17, 15) is 9.59 Å². The predicted molar refractivity (Wildman–Crippen MR) is 110 cm³/mol. The normalized spacial score (nSPS) is 20.0. The van der Waals surface area contributed by atoms with Crippen molar-refractivity contribution in [1.29, 1.82) is 0 Å². The minimum Gasteiger partial charge on any atom is -0.447 e. The second-order valence-electron chi connectivity index (χ2n) is 8.63. The van der Waals surface area contributed by atoms with Crippen LogP contribution in [0.1, 0.15) is 52.1 Å². The fraction of sp³-hybridized carbons (Fsp3) is 0.619. The van der Waals surface area contributed by atoms with Gasteiger partial charge in [0.15, 0.2) is 0 Å². The summed E-state index contributed by atoms with van der Waals surface area (Å²) in [5.41, 5.74) is 1.99. The van der Waals surface area contributed by atoms with Gasteiger partial charge in [0.05, 0.1) is 12.6 Å². The van der Waals surface area contributed by atoms with E-state index in [1.807, 2.05) is 31.2 Å². The molecule has 2 N–H and O–H groups in total. The molecule has 154 valence electrons. The highest BCUT2D eigenvalue weighted by Crippen LogP contribution is 2.22. The number of carbonyl (C=O) groups excluding carboxylic acids is 2. The first-order valence-corrected chi connectivity index (χ1v) is 10.1. The van der Waals surface area contributed by atoms with Gasteiger partial charge in [-0.05, 0) is 58.2 Å². The van der Waals surface area contributed by atoms with Gasteiger partial charge in [0.2, 0.25) is 0 Å². The van der Waals surface area contributed by atoms with Crippen LogP contribution in [0.25, 0.3) is 0 Å². The van der Waals surface area contributed by atoms with Crippen molar-refractivity contribution in [3.8, 4) is 0 Å². The predicted octanol–water partition coefficient (Wildman–Crippen LogP) is 3.27. The second kappa shape index (κ2) is 8.39. The van der Waals surface area contributed by atoms with Crippen LogP contribution in [0, 0.1) is 0 Å². The Morgan fingerprint density at radius 2 is 1.79 bits per heavy atom. The number of cyclic esters (lactones) is 1. The summed E-state index contributed by atoms with van der Waals surface area (Å²) in [7, 11) is 0. The van der Waals surface area contributed by atoms with E-state index in [0.29, 0.717) is 13.2 Å². The molecule has 1 unspecified atom stereocenters. The number of piperidine rings is 1. The van der Waals surface area contributed by atoms with Crippen molar-refractivity contribution >= 4 is 17.8 Å². The van der Waals surface area contributed by atoms with Crippen LogP contribution >= 0.6 is 0 Å². The van der Waals surface area contributed by atoms with Gasteiger partial charge in [-0.25, -0.2) is 9.59 Å². The zero-order valence-electron chi connectivity index (χ0n) is 17.3. The number of nitrogens with zero attached hydrogens (tertiary/aromatic N) is 2. The standard InChI is InChI=1S/C21H32N4O3/c1-15(16-5-7-18(8-6-16)25-13-14-28-20(25)27)22-19(26)23-17-9-11-24(12-10-17)21(2,3)4/h5-8,15,17H,9-14H2,1-4H3,(H2,22,23,26). The average Bonchev–Trinajstić information content (AvgIpc) is 3.07. The summed E-state index contributed by atoms with van der Waals surface area (Å²) in [5, 5.41) is 6.12. The van der Waals surface area contributed by atoms with E-state index in [1.165, 1.54) is 0 Å². The molecule has 1 atom stereocenters. The second-order valence-corrected chi connectivity index (χ2v) is 8.63. The molecule has 1 aromatic carbocycles. The molecule has 0 aliphatic carbocycles. The van der Waals surface area contributed by atoms with E-state index < -0.39 is 0 Å². The number of benzene rings is 1. The lowest BCUT2D eigenvalue weighted by Gasteiger charge is -2.41. The van der Waals surface area contributed by atoms with Crippen molar-refractivity contribution in [2.24, 2.45) is 0 Å². The Morgan fingerprint density at radius 1 is 1.14 bits per heavy atom. The zero-order chi connectivity index (χ0) is 20.3. The molecule has 0 spiro atoms. The first-order chi connectivity index (χ1) is 13.2. The maximum absolute atomic E-state index is 12.4.